The Kier molecular flexibility index (Phi) is 4.41. The highest BCUT2D eigenvalue weighted by molar-refractivity contribution is 7.90. The van der Waals surface area contributed by atoms with Gasteiger partial charge < -0.3 is 0 Å². The van der Waals surface area contributed by atoms with E-state index in [-0.39, 0.29) is 16.7 Å². The molecule has 2 atom stereocenters. The summed E-state index contributed by atoms with van der Waals surface area (Å²) in [4.78, 5) is 16.0. The van der Waals surface area contributed by atoms with Crippen LogP contribution in [-0.4, -0.2) is 19.3 Å². The first kappa shape index (κ1) is 16.6. The van der Waals surface area contributed by atoms with Gasteiger partial charge in [-0.1, -0.05) is 38.1 Å². The molecule has 0 saturated heterocycles. The van der Waals surface area contributed by atoms with Crippen molar-refractivity contribution in [2.75, 3.05) is 0 Å². The number of benzene rings is 1. The zero-order valence-electron chi connectivity index (χ0n) is 13.6. The summed E-state index contributed by atoms with van der Waals surface area (Å²) in [5.41, 5.74) is 2.33. The lowest BCUT2D eigenvalue weighted by Gasteiger charge is -2.08. The van der Waals surface area contributed by atoms with Crippen LogP contribution in [0.3, 0.4) is 0 Å². The highest BCUT2D eigenvalue weighted by Gasteiger charge is 2.45. The van der Waals surface area contributed by atoms with Crippen molar-refractivity contribution in [1.29, 1.82) is 0 Å². The van der Waals surface area contributed by atoms with Gasteiger partial charge in [0, 0.05) is 18.3 Å². The fourth-order valence-electron chi connectivity index (χ4n) is 2.75. The molecule has 0 spiro atoms. The molecule has 3 rings (SSSR count). The van der Waals surface area contributed by atoms with Crippen LogP contribution in [0.15, 0.2) is 53.7 Å². The molecule has 0 bridgehead atoms. The monoisotopic (exact) mass is 344 g/mol. The minimum Gasteiger partial charge on any atom is -0.274 e. The summed E-state index contributed by atoms with van der Waals surface area (Å²) in [6.45, 7) is 4.26. The molecule has 2 aromatic rings. The van der Waals surface area contributed by atoms with Crippen molar-refractivity contribution < 1.29 is 13.2 Å². The molecular formula is C18H20N2O3S. The number of hydrogen-bond donors (Lipinski definition) is 1. The Balaban J connectivity index is 1.66. The van der Waals surface area contributed by atoms with Gasteiger partial charge in [-0.05, 0) is 41.5 Å². The molecule has 126 valence electrons. The summed E-state index contributed by atoms with van der Waals surface area (Å²) in [6.07, 6.45) is 3.39. The van der Waals surface area contributed by atoms with Gasteiger partial charge in [-0.15, -0.1) is 0 Å². The number of carbonyl (C=O) groups is 1. The summed E-state index contributed by atoms with van der Waals surface area (Å²) in [5.74, 6) is -0.185. The van der Waals surface area contributed by atoms with Crippen LogP contribution in [0.2, 0.25) is 0 Å². The van der Waals surface area contributed by atoms with Crippen LogP contribution in [0.5, 0.6) is 0 Å². The third-order valence-electron chi connectivity index (χ3n) is 4.34. The Morgan fingerprint density at radius 1 is 1.21 bits per heavy atom. The zero-order valence-corrected chi connectivity index (χ0v) is 14.5. The number of pyridine rings is 1. The molecule has 0 radical (unpaired) electrons. The Hall–Kier alpha value is -2.21. The lowest BCUT2D eigenvalue weighted by Crippen LogP contribution is -2.32. The van der Waals surface area contributed by atoms with Crippen molar-refractivity contribution in [3.05, 3.63) is 59.9 Å². The van der Waals surface area contributed by atoms with Gasteiger partial charge in [0.25, 0.3) is 10.0 Å². The maximum atomic E-state index is 12.2. The van der Waals surface area contributed by atoms with Crippen LogP contribution in [0.25, 0.3) is 0 Å². The van der Waals surface area contributed by atoms with Crippen LogP contribution < -0.4 is 4.72 Å². The van der Waals surface area contributed by atoms with Gasteiger partial charge in [-0.25, -0.2) is 13.1 Å². The highest BCUT2D eigenvalue weighted by Crippen LogP contribution is 2.47. The molecule has 6 heteroatoms. The molecule has 1 amide bonds. The topological polar surface area (TPSA) is 76.1 Å². The molecule has 1 fully saturated rings. The Morgan fingerprint density at radius 3 is 2.50 bits per heavy atom. The van der Waals surface area contributed by atoms with E-state index in [0.29, 0.717) is 12.3 Å². The average molecular weight is 344 g/mol. The number of aromatic nitrogens is 1. The zero-order chi connectivity index (χ0) is 17.3. The van der Waals surface area contributed by atoms with E-state index in [0.717, 1.165) is 5.56 Å². The van der Waals surface area contributed by atoms with Gasteiger partial charge in [0.2, 0.25) is 5.91 Å². The van der Waals surface area contributed by atoms with Gasteiger partial charge in [0.1, 0.15) is 4.90 Å². The molecule has 0 aliphatic heterocycles. The number of sulfonamides is 1. The molecule has 1 aromatic heterocycles. The number of nitrogens with one attached hydrogen (secondary N) is 1. The first-order chi connectivity index (χ1) is 11.4. The van der Waals surface area contributed by atoms with E-state index in [4.69, 9.17) is 0 Å². The molecule has 1 aromatic carbocycles. The van der Waals surface area contributed by atoms with Crippen LogP contribution >= 0.6 is 0 Å². The third kappa shape index (κ3) is 3.48. The van der Waals surface area contributed by atoms with Gasteiger partial charge in [-0.3, -0.25) is 9.78 Å². The predicted molar refractivity (Wildman–Crippen MR) is 90.9 cm³/mol. The van der Waals surface area contributed by atoms with Crippen molar-refractivity contribution in [1.82, 2.24) is 9.71 Å². The maximum absolute atomic E-state index is 12.2. The quantitative estimate of drug-likeness (QED) is 0.905. The van der Waals surface area contributed by atoms with Crippen LogP contribution in [0.1, 0.15) is 43.2 Å². The second-order valence-corrected chi connectivity index (χ2v) is 8.11. The number of rotatable bonds is 5. The Labute approximate surface area is 142 Å². The van der Waals surface area contributed by atoms with Crippen molar-refractivity contribution in [3.8, 4) is 0 Å². The van der Waals surface area contributed by atoms with E-state index in [1.54, 1.807) is 0 Å². The third-order valence-corrected chi connectivity index (χ3v) is 5.67. The van der Waals surface area contributed by atoms with Crippen molar-refractivity contribution >= 4 is 15.9 Å². The van der Waals surface area contributed by atoms with Crippen LogP contribution in [-0.2, 0) is 14.8 Å². The average Bonchev–Trinajstić information content (AvgIpc) is 3.36. The summed E-state index contributed by atoms with van der Waals surface area (Å²) in [5, 5.41) is 0. The fourth-order valence-corrected chi connectivity index (χ4v) is 3.75. The van der Waals surface area contributed by atoms with Gasteiger partial charge in [0.05, 0.1) is 0 Å². The standard InChI is InChI=1S/C18H20N2O3S/c1-12(2)13-5-7-14(8-6-13)16-10-17(16)18(21)20-24(22,23)15-4-3-9-19-11-15/h3-9,11-12,16-17H,10H2,1-2H3,(H,20,21)/t16-,17-/m0/s1. The van der Waals surface area contributed by atoms with E-state index >= 15 is 0 Å². The van der Waals surface area contributed by atoms with Crippen LogP contribution in [0, 0.1) is 5.92 Å². The second kappa shape index (κ2) is 6.36. The largest absolute Gasteiger partial charge is 0.274 e. The Bertz CT molecular complexity index is 830. The second-order valence-electron chi connectivity index (χ2n) is 6.43. The highest BCUT2D eigenvalue weighted by atomic mass is 32.2. The number of amides is 1. The molecule has 24 heavy (non-hydrogen) atoms. The SMILES string of the molecule is CC(C)c1ccc([C@@H]2C[C@@H]2C(=O)NS(=O)(=O)c2cccnc2)cc1. The van der Waals surface area contributed by atoms with Gasteiger partial charge in [-0.2, -0.15) is 0 Å². The van der Waals surface area contributed by atoms with E-state index in [1.165, 1.54) is 30.1 Å². The smallest absolute Gasteiger partial charge is 0.265 e. The van der Waals surface area contributed by atoms with Crippen molar-refractivity contribution in [2.24, 2.45) is 5.92 Å². The van der Waals surface area contributed by atoms with Crippen LogP contribution in [0.4, 0.5) is 0 Å². The normalized spacial score (nSPS) is 20.0. The van der Waals surface area contributed by atoms with Crippen molar-refractivity contribution in [3.63, 3.8) is 0 Å². The number of carbonyl (C=O) groups excluding carboxylic acids is 1. The predicted octanol–water partition coefficient (Wildman–Crippen LogP) is 2.81. The number of nitrogens with zero attached hydrogens (tertiary/aromatic N) is 1. The fraction of sp³-hybridized carbons (Fsp3) is 0.333. The Morgan fingerprint density at radius 2 is 1.92 bits per heavy atom. The van der Waals surface area contributed by atoms with E-state index < -0.39 is 15.9 Å². The summed E-state index contributed by atoms with van der Waals surface area (Å²) in [6, 6.07) is 11.1. The summed E-state index contributed by atoms with van der Waals surface area (Å²) >= 11 is 0. The molecule has 5 nitrogen and oxygen atoms in total. The molecule has 1 heterocycles. The van der Waals surface area contributed by atoms with Crippen molar-refractivity contribution in [2.45, 2.75) is 37.0 Å². The van der Waals surface area contributed by atoms with Gasteiger partial charge >= 0.3 is 0 Å². The number of hydrogen-bond acceptors (Lipinski definition) is 4. The lowest BCUT2D eigenvalue weighted by molar-refractivity contribution is -0.120. The van der Waals surface area contributed by atoms with E-state index in [1.807, 2.05) is 12.1 Å². The lowest BCUT2D eigenvalue weighted by atomic mass is 10.00. The maximum Gasteiger partial charge on any atom is 0.265 e. The summed E-state index contributed by atoms with van der Waals surface area (Å²) in [7, 11) is -3.85. The minimum atomic E-state index is -3.85. The minimum absolute atomic E-state index is 0.00293. The first-order valence-electron chi connectivity index (χ1n) is 7.95. The van der Waals surface area contributed by atoms with Gasteiger partial charge in [0.15, 0.2) is 0 Å². The van der Waals surface area contributed by atoms with E-state index in [9.17, 15) is 13.2 Å². The molecule has 1 N–H and O–H groups in total. The molecule has 1 saturated carbocycles. The first-order valence-corrected chi connectivity index (χ1v) is 9.43. The molecule has 1 aliphatic rings. The molecular weight excluding hydrogens is 324 g/mol. The van der Waals surface area contributed by atoms with E-state index in [2.05, 4.69) is 35.7 Å². The molecule has 1 aliphatic carbocycles. The summed E-state index contributed by atoms with van der Waals surface area (Å²) < 4.78 is 26.5. The molecule has 0 unspecified atom stereocenters.